The fourth-order valence-corrected chi connectivity index (χ4v) is 4.88. The fraction of sp³-hybridized carbons (Fsp3) is 0.250. The van der Waals surface area contributed by atoms with Crippen LogP contribution in [0.1, 0.15) is 6.04 Å². The third-order valence-electron chi connectivity index (χ3n) is 5.82. The molecule has 13 heteroatoms. The van der Waals surface area contributed by atoms with Gasteiger partial charge in [-0.1, -0.05) is 18.2 Å². The third-order valence-corrected chi connectivity index (χ3v) is 6.67. The van der Waals surface area contributed by atoms with Crippen LogP contribution in [0.3, 0.4) is 0 Å². The predicted molar refractivity (Wildman–Crippen MR) is 129 cm³/mol. The van der Waals surface area contributed by atoms with Gasteiger partial charge in [0, 0.05) is 18.1 Å². The van der Waals surface area contributed by atoms with Crippen LogP contribution in [0.2, 0.25) is 0 Å². The topological polar surface area (TPSA) is 135 Å². The van der Waals surface area contributed by atoms with Gasteiger partial charge < -0.3 is 18.9 Å². The number of fused-ring (bicyclic) bond motifs is 1. The van der Waals surface area contributed by atoms with Gasteiger partial charge in [0.2, 0.25) is 5.16 Å². The number of anilines is 1. The van der Waals surface area contributed by atoms with Gasteiger partial charge in [-0.15, -0.1) is 5.10 Å². The van der Waals surface area contributed by atoms with Gasteiger partial charge in [-0.25, -0.2) is 19.4 Å². The molecule has 6 rings (SSSR count). The third kappa shape index (κ3) is 5.23. The molecule has 0 radical (unpaired) electrons. The lowest BCUT2D eigenvalue weighted by Gasteiger charge is -2.17. The van der Waals surface area contributed by atoms with Gasteiger partial charge in [-0.05, 0) is 64.7 Å². The molecule has 4 aromatic rings. The molecule has 12 nitrogen and oxygen atoms in total. The molecule has 2 saturated heterocycles. The number of hydrogen-bond acceptors (Lipinski definition) is 11. The number of benzene rings is 2. The molecule has 0 aliphatic carbocycles. The number of nitrogens with zero attached hydrogens (tertiary/aromatic N) is 6. The molecule has 2 aromatic heterocycles. The Kier molecular flexibility index (Phi) is 6.62. The van der Waals surface area contributed by atoms with Crippen LogP contribution in [-0.2, 0) is 14.2 Å². The summed E-state index contributed by atoms with van der Waals surface area (Å²) in [7, 11) is 0. The van der Waals surface area contributed by atoms with Gasteiger partial charge in [0.05, 0.1) is 13.2 Å². The largest absolute Gasteiger partial charge is 0.457 e. The van der Waals surface area contributed by atoms with Gasteiger partial charge in [0.1, 0.15) is 29.7 Å². The van der Waals surface area contributed by atoms with Gasteiger partial charge in [-0.2, -0.15) is 0 Å². The van der Waals surface area contributed by atoms with Crippen LogP contribution in [0.5, 0.6) is 11.5 Å². The highest BCUT2D eigenvalue weighted by molar-refractivity contribution is 7.99. The Bertz CT molecular complexity index is 1340. The summed E-state index contributed by atoms with van der Waals surface area (Å²) in [4.78, 5) is 21.0. The summed E-state index contributed by atoms with van der Waals surface area (Å²) in [6.07, 6.45) is 1.33. The first kappa shape index (κ1) is 23.3. The summed E-state index contributed by atoms with van der Waals surface area (Å²) >= 11 is 1.25. The summed E-state index contributed by atoms with van der Waals surface area (Å²) in [5.41, 5.74) is 0.574. The van der Waals surface area contributed by atoms with Crippen molar-refractivity contribution in [2.45, 2.75) is 34.7 Å². The smallest absolute Gasteiger partial charge is 0.412 e. The Morgan fingerprint density at radius 1 is 0.946 bits per heavy atom. The molecular formula is C24H21N7O5S. The number of para-hydroxylation sites is 1. The Hall–Kier alpha value is -4.07. The van der Waals surface area contributed by atoms with Crippen molar-refractivity contribution in [3.8, 4) is 11.5 Å². The monoisotopic (exact) mass is 519 g/mol. The number of tetrazole rings is 1. The molecule has 0 unspecified atom stereocenters. The highest BCUT2D eigenvalue weighted by atomic mass is 32.2. The maximum Gasteiger partial charge on any atom is 0.412 e. The lowest BCUT2D eigenvalue weighted by Crippen LogP contribution is -2.35. The zero-order chi connectivity index (χ0) is 25.0. The lowest BCUT2D eigenvalue weighted by atomic mass is 10.1. The maximum atomic E-state index is 12.6. The SMILES string of the molecule is O=C(Nc1ccc(Oc2ccccc2)cc1)O[C@@H]1CO[C@H]2[C@@H]1OC[C@@H]2n1nnnc1Sc1ncccn1. The van der Waals surface area contributed by atoms with Crippen molar-refractivity contribution in [1.82, 2.24) is 30.2 Å². The number of aromatic nitrogens is 6. The number of amides is 1. The van der Waals surface area contributed by atoms with Crippen LogP contribution >= 0.6 is 11.8 Å². The molecule has 2 aromatic carbocycles. The quantitative estimate of drug-likeness (QED) is 0.360. The average molecular weight is 520 g/mol. The second-order valence-electron chi connectivity index (χ2n) is 8.21. The van der Waals surface area contributed by atoms with E-state index in [0.717, 1.165) is 5.75 Å². The van der Waals surface area contributed by atoms with E-state index in [1.165, 1.54) is 11.8 Å². The average Bonchev–Trinajstić information content (AvgIpc) is 3.64. The minimum Gasteiger partial charge on any atom is -0.457 e. The number of hydrogen-bond donors (Lipinski definition) is 1. The van der Waals surface area contributed by atoms with Gasteiger partial charge >= 0.3 is 6.09 Å². The molecule has 37 heavy (non-hydrogen) atoms. The van der Waals surface area contributed by atoms with Crippen molar-refractivity contribution in [2.24, 2.45) is 0 Å². The molecule has 188 valence electrons. The number of rotatable bonds is 7. The van der Waals surface area contributed by atoms with E-state index in [0.29, 0.717) is 28.4 Å². The summed E-state index contributed by atoms with van der Waals surface area (Å²) in [6, 6.07) is 17.9. The Morgan fingerprint density at radius 3 is 2.51 bits per heavy atom. The lowest BCUT2D eigenvalue weighted by molar-refractivity contribution is 0.00751. The normalized spacial score (nSPS) is 22.4. The van der Waals surface area contributed by atoms with Crippen LogP contribution in [0.25, 0.3) is 0 Å². The van der Waals surface area contributed by atoms with Crippen molar-refractivity contribution >= 4 is 23.5 Å². The molecule has 0 saturated carbocycles. The summed E-state index contributed by atoms with van der Waals surface area (Å²) in [5, 5.41) is 15.8. The molecule has 4 heterocycles. The zero-order valence-electron chi connectivity index (χ0n) is 19.3. The fourth-order valence-electron chi connectivity index (χ4n) is 4.15. The molecular weight excluding hydrogens is 498 g/mol. The first-order valence-corrected chi connectivity index (χ1v) is 12.3. The maximum absolute atomic E-state index is 12.6. The predicted octanol–water partition coefficient (Wildman–Crippen LogP) is 3.36. The molecule has 1 amide bonds. The van der Waals surface area contributed by atoms with E-state index in [1.807, 2.05) is 30.3 Å². The van der Waals surface area contributed by atoms with E-state index >= 15 is 0 Å². The Labute approximate surface area is 215 Å². The van der Waals surface area contributed by atoms with Crippen LogP contribution in [0.4, 0.5) is 10.5 Å². The molecule has 0 bridgehead atoms. The molecule has 0 spiro atoms. The van der Waals surface area contributed by atoms with E-state index in [2.05, 4.69) is 30.8 Å². The van der Waals surface area contributed by atoms with Gasteiger partial charge in [0.25, 0.3) is 0 Å². The minimum atomic E-state index is -0.599. The van der Waals surface area contributed by atoms with E-state index in [-0.39, 0.29) is 18.8 Å². The first-order chi connectivity index (χ1) is 18.2. The molecule has 1 N–H and O–H groups in total. The van der Waals surface area contributed by atoms with Crippen molar-refractivity contribution in [1.29, 1.82) is 0 Å². The standard InChI is InChI=1S/C24H21N7O5S/c32-24(27-15-7-9-17(10-8-15)35-16-5-2-1-3-6-16)36-19-14-34-20-18(13-33-21(19)20)31-23(28-29-30-31)37-22-25-11-4-12-26-22/h1-12,18-21H,13-14H2,(H,27,32)/t18-,19+,20+,21+/m0/s1. The minimum absolute atomic E-state index is 0.204. The first-order valence-electron chi connectivity index (χ1n) is 11.5. The van der Waals surface area contributed by atoms with Crippen molar-refractivity contribution in [3.05, 3.63) is 73.1 Å². The number of carbonyl (C=O) groups excluding carboxylic acids is 1. The number of nitrogens with one attached hydrogen (secondary N) is 1. The van der Waals surface area contributed by atoms with E-state index in [4.69, 9.17) is 18.9 Å². The summed E-state index contributed by atoms with van der Waals surface area (Å²) < 4.78 is 25.0. The van der Waals surface area contributed by atoms with E-state index in [9.17, 15) is 4.79 Å². The van der Waals surface area contributed by atoms with Crippen molar-refractivity contribution < 1.29 is 23.7 Å². The highest BCUT2D eigenvalue weighted by Gasteiger charge is 2.51. The number of carbonyl (C=O) groups is 1. The second kappa shape index (κ2) is 10.5. The van der Waals surface area contributed by atoms with Gasteiger partial charge in [-0.3, -0.25) is 5.32 Å². The van der Waals surface area contributed by atoms with Crippen LogP contribution in [0.15, 0.2) is 83.4 Å². The van der Waals surface area contributed by atoms with Gasteiger partial charge in [0.15, 0.2) is 11.3 Å². The second-order valence-corrected chi connectivity index (χ2v) is 9.15. The molecule has 4 atom stereocenters. The van der Waals surface area contributed by atoms with Crippen LogP contribution < -0.4 is 10.1 Å². The van der Waals surface area contributed by atoms with Crippen LogP contribution in [-0.4, -0.2) is 67.8 Å². The van der Waals surface area contributed by atoms with E-state index in [1.54, 1.807) is 47.4 Å². The number of ether oxygens (including phenoxy) is 4. The Morgan fingerprint density at radius 2 is 1.70 bits per heavy atom. The Balaban J connectivity index is 1.04. The zero-order valence-corrected chi connectivity index (χ0v) is 20.1. The summed E-state index contributed by atoms with van der Waals surface area (Å²) in [5.74, 6) is 1.38. The molecule has 2 aliphatic heterocycles. The van der Waals surface area contributed by atoms with Crippen molar-refractivity contribution in [3.63, 3.8) is 0 Å². The molecule has 2 aliphatic rings. The van der Waals surface area contributed by atoms with E-state index < -0.39 is 18.3 Å². The molecule has 2 fully saturated rings. The van der Waals surface area contributed by atoms with Crippen LogP contribution in [0, 0.1) is 0 Å². The van der Waals surface area contributed by atoms with Crippen molar-refractivity contribution in [2.75, 3.05) is 18.5 Å². The highest BCUT2D eigenvalue weighted by Crippen LogP contribution is 2.37. The summed E-state index contributed by atoms with van der Waals surface area (Å²) in [6.45, 7) is 0.517.